The Balaban J connectivity index is 2.07. The van der Waals surface area contributed by atoms with Gasteiger partial charge in [0.05, 0.1) is 19.8 Å². The Hall–Kier alpha value is -0.120. The van der Waals surface area contributed by atoms with E-state index in [1.54, 1.807) is 7.11 Å². The largest absolute Gasteiger partial charge is 0.382 e. The number of methoxy groups -OCH3 is 1. The molecule has 3 heteroatoms. The molecule has 3 nitrogen and oxygen atoms in total. The van der Waals surface area contributed by atoms with Crippen LogP contribution in [0.4, 0.5) is 0 Å². The molecule has 0 aromatic rings. The second kappa shape index (κ2) is 8.04. The minimum Gasteiger partial charge on any atom is -0.382 e. The summed E-state index contributed by atoms with van der Waals surface area (Å²) in [6.07, 6.45) is 5.39. The van der Waals surface area contributed by atoms with Gasteiger partial charge in [-0.1, -0.05) is 13.3 Å². The summed E-state index contributed by atoms with van der Waals surface area (Å²) in [4.78, 5) is 0. The normalized spacial score (nSPS) is 19.7. The Morgan fingerprint density at radius 1 is 1.31 bits per heavy atom. The average Bonchev–Trinajstić information content (AvgIpc) is 3.07. The lowest BCUT2D eigenvalue weighted by Gasteiger charge is -2.22. The number of hydrogen-bond donors (Lipinski definition) is 1. The summed E-state index contributed by atoms with van der Waals surface area (Å²) < 4.78 is 10.5. The summed E-state index contributed by atoms with van der Waals surface area (Å²) in [7, 11) is 1.70. The van der Waals surface area contributed by atoms with Crippen LogP contribution in [0.25, 0.3) is 0 Å². The molecule has 0 amide bonds. The summed E-state index contributed by atoms with van der Waals surface area (Å²) in [5.74, 6) is 0.932. The summed E-state index contributed by atoms with van der Waals surface area (Å²) in [6.45, 7) is 6.64. The first-order valence-corrected chi connectivity index (χ1v) is 6.60. The molecule has 1 aliphatic carbocycles. The Morgan fingerprint density at radius 2 is 2.06 bits per heavy atom. The Morgan fingerprint density at radius 3 is 2.62 bits per heavy atom. The number of hydrogen-bond acceptors (Lipinski definition) is 3. The van der Waals surface area contributed by atoms with Crippen molar-refractivity contribution in [2.24, 2.45) is 5.92 Å². The average molecular weight is 229 g/mol. The zero-order chi connectivity index (χ0) is 11.8. The van der Waals surface area contributed by atoms with Gasteiger partial charge in [0, 0.05) is 19.2 Å². The van der Waals surface area contributed by atoms with Crippen molar-refractivity contribution in [1.82, 2.24) is 5.32 Å². The molecule has 0 aliphatic heterocycles. The molecular formula is C13H27NO2. The predicted molar refractivity (Wildman–Crippen MR) is 66.7 cm³/mol. The van der Waals surface area contributed by atoms with Crippen molar-refractivity contribution in [3.8, 4) is 0 Å². The highest BCUT2D eigenvalue weighted by molar-refractivity contribution is 4.87. The van der Waals surface area contributed by atoms with Crippen molar-refractivity contribution >= 4 is 0 Å². The highest BCUT2D eigenvalue weighted by Crippen LogP contribution is 2.34. The van der Waals surface area contributed by atoms with Crippen molar-refractivity contribution in [3.63, 3.8) is 0 Å². The second-order valence-electron chi connectivity index (χ2n) is 4.87. The lowest BCUT2D eigenvalue weighted by atomic mass is 10.1. The minimum atomic E-state index is 0.453. The molecule has 0 heterocycles. The molecule has 0 aromatic heterocycles. The SMILES string of the molecule is CCCC(NC(C)COCCOC)C1CC1. The molecule has 0 spiro atoms. The molecule has 16 heavy (non-hydrogen) atoms. The molecule has 1 N–H and O–H groups in total. The maximum Gasteiger partial charge on any atom is 0.0701 e. The summed E-state index contributed by atoms with van der Waals surface area (Å²) >= 11 is 0. The summed E-state index contributed by atoms with van der Waals surface area (Å²) in [6, 6.07) is 1.17. The van der Waals surface area contributed by atoms with Gasteiger partial charge < -0.3 is 14.8 Å². The van der Waals surface area contributed by atoms with Crippen LogP contribution in [-0.4, -0.2) is 39.0 Å². The van der Waals surface area contributed by atoms with Crippen LogP contribution in [-0.2, 0) is 9.47 Å². The fraction of sp³-hybridized carbons (Fsp3) is 1.00. The van der Waals surface area contributed by atoms with Crippen LogP contribution in [0, 0.1) is 5.92 Å². The lowest BCUT2D eigenvalue weighted by molar-refractivity contribution is 0.0587. The molecule has 0 saturated heterocycles. The van der Waals surface area contributed by atoms with Crippen LogP contribution in [0.1, 0.15) is 39.5 Å². The van der Waals surface area contributed by atoms with Crippen LogP contribution in [0.2, 0.25) is 0 Å². The number of rotatable bonds is 10. The van der Waals surface area contributed by atoms with E-state index in [4.69, 9.17) is 9.47 Å². The van der Waals surface area contributed by atoms with Gasteiger partial charge in [-0.3, -0.25) is 0 Å². The maximum atomic E-state index is 5.53. The van der Waals surface area contributed by atoms with Gasteiger partial charge in [-0.25, -0.2) is 0 Å². The van der Waals surface area contributed by atoms with Gasteiger partial charge in [0.2, 0.25) is 0 Å². The van der Waals surface area contributed by atoms with Gasteiger partial charge in [-0.15, -0.1) is 0 Å². The van der Waals surface area contributed by atoms with Crippen molar-refractivity contribution in [1.29, 1.82) is 0 Å². The Bertz CT molecular complexity index is 171. The quantitative estimate of drug-likeness (QED) is 0.583. The predicted octanol–water partition coefficient (Wildman–Crippen LogP) is 2.21. The van der Waals surface area contributed by atoms with Gasteiger partial charge >= 0.3 is 0 Å². The van der Waals surface area contributed by atoms with Crippen LogP contribution in [0.15, 0.2) is 0 Å². The Kier molecular flexibility index (Phi) is 7.01. The summed E-state index contributed by atoms with van der Waals surface area (Å²) in [5.41, 5.74) is 0. The third kappa shape index (κ3) is 5.83. The first-order chi connectivity index (χ1) is 7.77. The molecular weight excluding hydrogens is 202 g/mol. The molecule has 1 saturated carbocycles. The van der Waals surface area contributed by atoms with E-state index in [1.165, 1.54) is 25.7 Å². The second-order valence-corrected chi connectivity index (χ2v) is 4.87. The third-order valence-electron chi connectivity index (χ3n) is 3.09. The van der Waals surface area contributed by atoms with E-state index < -0.39 is 0 Å². The van der Waals surface area contributed by atoms with E-state index in [9.17, 15) is 0 Å². The number of ether oxygens (including phenoxy) is 2. The van der Waals surface area contributed by atoms with Crippen LogP contribution in [0.3, 0.4) is 0 Å². The van der Waals surface area contributed by atoms with Crippen molar-refractivity contribution in [2.45, 2.75) is 51.6 Å². The van der Waals surface area contributed by atoms with Gasteiger partial charge in [0.15, 0.2) is 0 Å². The molecule has 1 rings (SSSR count). The molecule has 2 atom stereocenters. The van der Waals surface area contributed by atoms with Crippen molar-refractivity contribution in [3.05, 3.63) is 0 Å². The van der Waals surface area contributed by atoms with Gasteiger partial charge in [-0.05, 0) is 32.1 Å². The molecule has 0 bridgehead atoms. The topological polar surface area (TPSA) is 30.5 Å². The van der Waals surface area contributed by atoms with Crippen molar-refractivity contribution in [2.75, 3.05) is 26.9 Å². The monoisotopic (exact) mass is 229 g/mol. The molecule has 1 fully saturated rings. The van der Waals surface area contributed by atoms with Crippen molar-refractivity contribution < 1.29 is 9.47 Å². The van der Waals surface area contributed by atoms with E-state index in [2.05, 4.69) is 19.2 Å². The van der Waals surface area contributed by atoms with E-state index in [1.807, 2.05) is 0 Å². The van der Waals surface area contributed by atoms with Gasteiger partial charge in [0.25, 0.3) is 0 Å². The first kappa shape index (κ1) is 13.9. The minimum absolute atomic E-state index is 0.453. The van der Waals surface area contributed by atoms with Crippen LogP contribution < -0.4 is 5.32 Å². The van der Waals surface area contributed by atoms with E-state index in [-0.39, 0.29) is 0 Å². The Labute approximate surface area is 99.9 Å². The molecule has 0 radical (unpaired) electrons. The van der Waals surface area contributed by atoms with E-state index >= 15 is 0 Å². The van der Waals surface area contributed by atoms with E-state index in [0.29, 0.717) is 25.3 Å². The fourth-order valence-corrected chi connectivity index (χ4v) is 2.08. The lowest BCUT2D eigenvalue weighted by Crippen LogP contribution is -2.40. The zero-order valence-corrected chi connectivity index (χ0v) is 11.0. The highest BCUT2D eigenvalue weighted by atomic mass is 16.5. The smallest absolute Gasteiger partial charge is 0.0701 e. The molecule has 1 aliphatic rings. The van der Waals surface area contributed by atoms with E-state index in [0.717, 1.165) is 12.5 Å². The third-order valence-corrected chi connectivity index (χ3v) is 3.09. The van der Waals surface area contributed by atoms with Crippen LogP contribution >= 0.6 is 0 Å². The molecule has 0 aromatic carbocycles. The van der Waals surface area contributed by atoms with Gasteiger partial charge in [-0.2, -0.15) is 0 Å². The highest BCUT2D eigenvalue weighted by Gasteiger charge is 2.30. The first-order valence-electron chi connectivity index (χ1n) is 6.60. The molecule has 2 unspecified atom stereocenters. The van der Waals surface area contributed by atoms with Crippen LogP contribution in [0.5, 0.6) is 0 Å². The number of nitrogens with one attached hydrogen (secondary N) is 1. The van der Waals surface area contributed by atoms with Gasteiger partial charge in [0.1, 0.15) is 0 Å². The standard InChI is InChI=1S/C13H27NO2/c1-4-5-13(12-6-7-12)14-11(2)10-16-9-8-15-3/h11-14H,4-10H2,1-3H3. The maximum absolute atomic E-state index is 5.53. The molecule has 96 valence electrons. The summed E-state index contributed by atoms with van der Waals surface area (Å²) in [5, 5.41) is 3.69. The fourth-order valence-electron chi connectivity index (χ4n) is 2.08. The zero-order valence-electron chi connectivity index (χ0n) is 11.0.